The highest BCUT2D eigenvalue weighted by molar-refractivity contribution is 6.35. The van der Waals surface area contributed by atoms with Gasteiger partial charge in [0.05, 0.1) is 6.61 Å². The van der Waals surface area contributed by atoms with Crippen LogP contribution in [0.3, 0.4) is 0 Å². The molecule has 0 aliphatic rings. The van der Waals surface area contributed by atoms with Crippen molar-refractivity contribution in [2.45, 2.75) is 32.6 Å². The molecule has 0 saturated carbocycles. The van der Waals surface area contributed by atoms with Gasteiger partial charge in [-0.25, -0.2) is 4.79 Å². The van der Waals surface area contributed by atoms with Gasteiger partial charge >= 0.3 is 5.97 Å². The summed E-state index contributed by atoms with van der Waals surface area (Å²) in [6.07, 6.45) is 2.54. The molecule has 0 aliphatic heterocycles. The topological polar surface area (TPSA) is 70.4 Å². The van der Waals surface area contributed by atoms with Crippen molar-refractivity contribution in [1.29, 1.82) is 5.41 Å². The summed E-state index contributed by atoms with van der Waals surface area (Å²) in [4.78, 5) is 11.0. The van der Waals surface area contributed by atoms with Crippen LogP contribution in [0.25, 0.3) is 0 Å². The minimum atomic E-state index is -0.554. The fraction of sp³-hybridized carbons (Fsp3) is 0.778. The first kappa shape index (κ1) is 12.1. The summed E-state index contributed by atoms with van der Waals surface area (Å²) in [5.41, 5.74) is -0.0508. The monoisotopic (exact) mass is 187 g/mol. The number of carbonyl (C=O) groups excluding carboxylic acids is 1. The zero-order chi connectivity index (χ0) is 10.1. The van der Waals surface area contributed by atoms with Crippen LogP contribution in [-0.2, 0) is 9.53 Å². The molecule has 4 heteroatoms. The van der Waals surface area contributed by atoms with Crippen LogP contribution in [0.2, 0.25) is 0 Å². The van der Waals surface area contributed by atoms with Crippen LogP contribution in [0.4, 0.5) is 0 Å². The molecular weight excluding hydrogens is 170 g/mol. The van der Waals surface area contributed by atoms with Crippen LogP contribution in [-0.4, -0.2) is 30.0 Å². The molecule has 0 atom stereocenters. The highest BCUT2D eigenvalue weighted by Crippen LogP contribution is 1.95. The summed E-state index contributed by atoms with van der Waals surface area (Å²) in [6.45, 7) is 2.40. The van der Waals surface area contributed by atoms with Crippen LogP contribution in [0, 0.1) is 5.41 Å². The number of esters is 1. The second kappa shape index (κ2) is 7.73. The summed E-state index contributed by atoms with van der Waals surface area (Å²) in [5.74, 6) is -0.554. The molecule has 2 N–H and O–H groups in total. The summed E-state index contributed by atoms with van der Waals surface area (Å²) in [7, 11) is 0. The smallest absolute Gasteiger partial charge is 0.351 e. The number of unbranched alkanes of at least 4 members (excludes halogenated alkanes) is 1. The minimum Gasteiger partial charge on any atom is -0.461 e. The first-order valence-corrected chi connectivity index (χ1v) is 4.57. The second-order valence-corrected chi connectivity index (χ2v) is 2.80. The molecule has 0 radical (unpaired) electrons. The zero-order valence-corrected chi connectivity index (χ0v) is 8.01. The van der Waals surface area contributed by atoms with Gasteiger partial charge in [-0.15, -0.1) is 0 Å². The van der Waals surface area contributed by atoms with Crippen LogP contribution in [0.1, 0.15) is 32.6 Å². The summed E-state index contributed by atoms with van der Waals surface area (Å²) in [5, 5.41) is 15.7. The van der Waals surface area contributed by atoms with Gasteiger partial charge in [-0.2, -0.15) is 0 Å². The number of ether oxygens (including phenoxy) is 1. The summed E-state index contributed by atoms with van der Waals surface area (Å²) < 4.78 is 4.80. The van der Waals surface area contributed by atoms with Crippen molar-refractivity contribution >= 4 is 11.7 Å². The lowest BCUT2D eigenvalue weighted by molar-refractivity contribution is -0.135. The predicted octanol–water partition coefficient (Wildman–Crippen LogP) is 1.12. The van der Waals surface area contributed by atoms with Crippen molar-refractivity contribution < 1.29 is 14.6 Å². The molecule has 76 valence electrons. The molecule has 0 aromatic carbocycles. The number of aliphatic hydroxyl groups excluding tert-OH is 1. The fourth-order valence-corrected chi connectivity index (χ4v) is 0.754. The van der Waals surface area contributed by atoms with E-state index >= 15 is 0 Å². The lowest BCUT2D eigenvalue weighted by Crippen LogP contribution is -2.17. The van der Waals surface area contributed by atoms with Crippen LogP contribution in [0.5, 0.6) is 0 Å². The van der Waals surface area contributed by atoms with Gasteiger partial charge in [0.1, 0.15) is 5.71 Å². The van der Waals surface area contributed by atoms with Crippen molar-refractivity contribution in [1.82, 2.24) is 0 Å². The number of aliphatic hydroxyl groups is 1. The van der Waals surface area contributed by atoms with Gasteiger partial charge in [-0.3, -0.25) is 5.41 Å². The van der Waals surface area contributed by atoms with E-state index in [0.717, 1.165) is 12.8 Å². The van der Waals surface area contributed by atoms with Gasteiger partial charge in [-0.05, 0) is 19.3 Å². The summed E-state index contributed by atoms with van der Waals surface area (Å²) in [6, 6.07) is 0. The van der Waals surface area contributed by atoms with Crippen molar-refractivity contribution in [3.05, 3.63) is 0 Å². The third-order valence-corrected chi connectivity index (χ3v) is 1.56. The number of hydrogen-bond acceptors (Lipinski definition) is 4. The Morgan fingerprint density at radius 3 is 2.69 bits per heavy atom. The van der Waals surface area contributed by atoms with Gasteiger partial charge in [-0.1, -0.05) is 13.3 Å². The van der Waals surface area contributed by atoms with Gasteiger partial charge < -0.3 is 9.84 Å². The fourth-order valence-electron chi connectivity index (χ4n) is 0.754. The minimum absolute atomic E-state index is 0.00458. The third kappa shape index (κ3) is 6.28. The van der Waals surface area contributed by atoms with Crippen molar-refractivity contribution in [3.8, 4) is 0 Å². The van der Waals surface area contributed by atoms with Crippen LogP contribution in [0.15, 0.2) is 0 Å². The van der Waals surface area contributed by atoms with E-state index in [9.17, 15) is 4.79 Å². The Labute approximate surface area is 78.4 Å². The van der Waals surface area contributed by atoms with Gasteiger partial charge in [0.15, 0.2) is 0 Å². The Balaban J connectivity index is 3.51. The third-order valence-electron chi connectivity index (χ3n) is 1.56. The van der Waals surface area contributed by atoms with Crippen LogP contribution < -0.4 is 0 Å². The standard InChI is InChI=1S/C9H17NO3/c1-2-3-7-13-9(12)8(10)5-4-6-11/h10-11H,2-7H2,1H3. The van der Waals surface area contributed by atoms with E-state index in [-0.39, 0.29) is 12.3 Å². The summed E-state index contributed by atoms with van der Waals surface area (Å²) >= 11 is 0. The Kier molecular flexibility index (Phi) is 7.20. The number of nitrogens with one attached hydrogen (secondary N) is 1. The van der Waals surface area contributed by atoms with Crippen molar-refractivity contribution in [3.63, 3.8) is 0 Å². The van der Waals surface area contributed by atoms with Gasteiger partial charge in [0, 0.05) is 6.61 Å². The molecule has 0 aromatic heterocycles. The first-order chi connectivity index (χ1) is 6.22. The molecule has 0 amide bonds. The van der Waals surface area contributed by atoms with Crippen molar-refractivity contribution in [2.24, 2.45) is 0 Å². The maximum absolute atomic E-state index is 11.0. The Morgan fingerprint density at radius 2 is 2.15 bits per heavy atom. The molecule has 0 bridgehead atoms. The molecule has 0 aliphatic carbocycles. The van der Waals surface area contributed by atoms with E-state index in [0.29, 0.717) is 19.4 Å². The van der Waals surface area contributed by atoms with Gasteiger partial charge in [0.25, 0.3) is 0 Å². The molecule has 0 saturated heterocycles. The highest BCUT2D eigenvalue weighted by atomic mass is 16.5. The van der Waals surface area contributed by atoms with Crippen molar-refractivity contribution in [2.75, 3.05) is 13.2 Å². The average Bonchev–Trinajstić information content (AvgIpc) is 2.14. The van der Waals surface area contributed by atoms with Gasteiger partial charge in [0.2, 0.25) is 0 Å². The Hall–Kier alpha value is -0.900. The molecular formula is C9H17NO3. The van der Waals surface area contributed by atoms with E-state index < -0.39 is 5.97 Å². The van der Waals surface area contributed by atoms with E-state index in [2.05, 4.69) is 0 Å². The SMILES string of the molecule is CCCCOC(=O)C(=N)CCCO. The van der Waals surface area contributed by atoms with Crippen LogP contribution >= 0.6 is 0 Å². The van der Waals surface area contributed by atoms with E-state index in [4.69, 9.17) is 15.3 Å². The highest BCUT2D eigenvalue weighted by Gasteiger charge is 2.09. The molecule has 0 aromatic rings. The first-order valence-electron chi connectivity index (χ1n) is 4.57. The molecule has 0 heterocycles. The Bertz CT molecular complexity index is 168. The van der Waals surface area contributed by atoms with E-state index in [1.165, 1.54) is 0 Å². The molecule has 0 unspecified atom stereocenters. The molecule has 0 fully saturated rings. The molecule has 4 nitrogen and oxygen atoms in total. The molecule has 0 spiro atoms. The quantitative estimate of drug-likeness (QED) is 0.356. The van der Waals surface area contributed by atoms with E-state index in [1.807, 2.05) is 6.92 Å². The van der Waals surface area contributed by atoms with E-state index in [1.54, 1.807) is 0 Å². The zero-order valence-electron chi connectivity index (χ0n) is 8.01. The lowest BCUT2D eigenvalue weighted by atomic mass is 10.2. The largest absolute Gasteiger partial charge is 0.461 e. The maximum Gasteiger partial charge on any atom is 0.351 e. The molecule has 0 rings (SSSR count). The number of hydrogen-bond donors (Lipinski definition) is 2. The predicted molar refractivity (Wildman–Crippen MR) is 49.9 cm³/mol. The average molecular weight is 187 g/mol. The maximum atomic E-state index is 11.0. The number of carbonyl (C=O) groups is 1. The lowest BCUT2D eigenvalue weighted by Gasteiger charge is -2.03. The normalized spacial score (nSPS) is 9.69. The second-order valence-electron chi connectivity index (χ2n) is 2.80. The molecule has 13 heavy (non-hydrogen) atoms. The Morgan fingerprint density at radius 1 is 1.46 bits per heavy atom. The number of rotatable bonds is 7.